The Labute approximate surface area is 245 Å². The summed E-state index contributed by atoms with van der Waals surface area (Å²) in [6.45, 7) is 13.2. The van der Waals surface area contributed by atoms with Gasteiger partial charge in [-0.25, -0.2) is 18.7 Å². The van der Waals surface area contributed by atoms with E-state index >= 15 is 0 Å². The average molecular weight is 570 g/mol. The second-order valence-corrected chi connectivity index (χ2v) is 13.3. The number of fused-ring (bicyclic) bond motifs is 6. The Morgan fingerprint density at radius 1 is 0.786 bits per heavy atom. The van der Waals surface area contributed by atoms with Crippen molar-refractivity contribution in [2.24, 2.45) is 0 Å². The summed E-state index contributed by atoms with van der Waals surface area (Å²) >= 11 is 0. The van der Waals surface area contributed by atoms with Crippen molar-refractivity contribution in [2.75, 3.05) is 20.6 Å². The third-order valence-corrected chi connectivity index (χ3v) is 6.99. The highest BCUT2D eigenvalue weighted by molar-refractivity contribution is 6.27. The second-order valence-electron chi connectivity index (χ2n) is 13.3. The van der Waals surface area contributed by atoms with Crippen LogP contribution in [0.3, 0.4) is 0 Å². The molecule has 0 bridgehead atoms. The molecular formula is C34H39N3O5. The fraction of sp³-hybridized carbons (Fsp3) is 0.353. The summed E-state index contributed by atoms with van der Waals surface area (Å²) in [5.74, 6) is 0. The Morgan fingerprint density at radius 2 is 1.24 bits per heavy atom. The number of rotatable bonds is 3. The van der Waals surface area contributed by atoms with E-state index in [-0.39, 0.29) is 6.54 Å². The lowest BCUT2D eigenvalue weighted by Gasteiger charge is -2.32. The number of ether oxygens (including phenoxy) is 2. The maximum atomic E-state index is 13.9. The van der Waals surface area contributed by atoms with Gasteiger partial charge in [0.1, 0.15) is 11.2 Å². The predicted octanol–water partition coefficient (Wildman–Crippen LogP) is 8.36. The third-order valence-electron chi connectivity index (χ3n) is 6.99. The van der Waals surface area contributed by atoms with Crippen LogP contribution in [0.4, 0.5) is 9.59 Å². The zero-order valence-electron chi connectivity index (χ0n) is 25.9. The van der Waals surface area contributed by atoms with E-state index < -0.39 is 28.0 Å². The quantitative estimate of drug-likeness (QED) is 0.161. The number of carbonyl (C=O) groups excluding carboxylic acids is 2. The summed E-state index contributed by atoms with van der Waals surface area (Å²) in [5, 5.41) is 15.8. The van der Waals surface area contributed by atoms with Gasteiger partial charge in [-0.15, -0.1) is 0 Å². The molecule has 220 valence electrons. The summed E-state index contributed by atoms with van der Waals surface area (Å²) in [7, 11) is 3.16. The average Bonchev–Trinajstić information content (AvgIpc) is 3.38. The molecule has 0 saturated heterocycles. The molecule has 0 aliphatic heterocycles. The van der Waals surface area contributed by atoms with Gasteiger partial charge in [-0.3, -0.25) is 0 Å². The predicted molar refractivity (Wildman–Crippen MR) is 170 cm³/mol. The Balaban J connectivity index is 2.03. The Hall–Kier alpha value is -4.14. The van der Waals surface area contributed by atoms with Crippen LogP contribution >= 0.6 is 0 Å². The van der Waals surface area contributed by atoms with E-state index in [1.165, 1.54) is 0 Å². The number of hydrogen-bond donors (Lipinski definition) is 0. The minimum absolute atomic E-state index is 0.217. The summed E-state index contributed by atoms with van der Waals surface area (Å²) < 4.78 is 14.6. The van der Waals surface area contributed by atoms with Gasteiger partial charge in [0.25, 0.3) is 0 Å². The molecule has 0 aliphatic carbocycles. The number of hydrogen-bond acceptors (Lipinski definition) is 5. The molecule has 0 saturated carbocycles. The van der Waals surface area contributed by atoms with Gasteiger partial charge in [-0.05, 0) is 72.2 Å². The molecule has 8 heteroatoms. The minimum Gasteiger partial charge on any atom is -0.633 e. The largest absolute Gasteiger partial charge is 0.633 e. The molecule has 0 radical (unpaired) electrons. The Bertz CT molecular complexity index is 1900. The number of benzene rings is 3. The molecule has 42 heavy (non-hydrogen) atoms. The molecule has 2 aromatic heterocycles. The van der Waals surface area contributed by atoms with E-state index in [2.05, 4.69) is 0 Å². The zero-order valence-corrected chi connectivity index (χ0v) is 25.9. The molecule has 0 atom stereocenters. The van der Waals surface area contributed by atoms with Crippen LogP contribution in [0.1, 0.15) is 52.7 Å². The topological polar surface area (TPSA) is 85.5 Å². The van der Waals surface area contributed by atoms with E-state index in [9.17, 15) is 14.8 Å². The van der Waals surface area contributed by atoms with Gasteiger partial charge < -0.3 is 19.3 Å². The van der Waals surface area contributed by atoms with Crippen molar-refractivity contribution >= 4 is 61.9 Å². The number of aromatic nitrogens is 2. The molecule has 2 heterocycles. The van der Waals surface area contributed by atoms with Crippen LogP contribution in [0.25, 0.3) is 49.7 Å². The first-order valence-corrected chi connectivity index (χ1v) is 14.1. The first-order chi connectivity index (χ1) is 19.5. The highest BCUT2D eigenvalue weighted by Gasteiger charge is 2.30. The lowest BCUT2D eigenvalue weighted by Crippen LogP contribution is -2.31. The summed E-state index contributed by atoms with van der Waals surface area (Å²) in [6, 6.07) is 15.4. The minimum atomic E-state index is -0.721. The van der Waals surface area contributed by atoms with E-state index in [1.54, 1.807) is 23.2 Å². The van der Waals surface area contributed by atoms with E-state index in [4.69, 9.17) is 9.47 Å². The van der Waals surface area contributed by atoms with E-state index in [0.29, 0.717) is 22.1 Å². The van der Waals surface area contributed by atoms with Crippen molar-refractivity contribution in [3.8, 4) is 0 Å². The van der Waals surface area contributed by atoms with Gasteiger partial charge in [0, 0.05) is 27.1 Å². The summed E-state index contributed by atoms with van der Waals surface area (Å²) in [5.41, 5.74) is 2.87. The molecule has 3 aromatic carbocycles. The van der Waals surface area contributed by atoms with Crippen LogP contribution in [0, 0.1) is 12.1 Å². The molecular weight excluding hydrogens is 530 g/mol. The van der Waals surface area contributed by atoms with Gasteiger partial charge in [-0.2, -0.15) is 0 Å². The zero-order chi connectivity index (χ0) is 30.8. The molecule has 5 aromatic rings. The number of hydroxylamine groups is 3. The van der Waals surface area contributed by atoms with E-state index in [0.717, 1.165) is 32.7 Å². The van der Waals surface area contributed by atoms with Crippen molar-refractivity contribution in [2.45, 2.75) is 59.7 Å². The van der Waals surface area contributed by atoms with Gasteiger partial charge in [0.2, 0.25) is 0 Å². The summed E-state index contributed by atoms with van der Waals surface area (Å²) in [4.78, 5) is 27.7. The first-order valence-electron chi connectivity index (χ1n) is 14.1. The Kier molecular flexibility index (Phi) is 6.99. The molecule has 0 amide bonds. The van der Waals surface area contributed by atoms with Gasteiger partial charge >= 0.3 is 12.2 Å². The van der Waals surface area contributed by atoms with Crippen LogP contribution in [-0.2, 0) is 9.47 Å². The highest BCUT2D eigenvalue weighted by Crippen LogP contribution is 2.44. The van der Waals surface area contributed by atoms with Crippen LogP contribution in [0.5, 0.6) is 0 Å². The molecule has 0 spiro atoms. The number of aryl methyl sites for hydroxylation is 1. The van der Waals surface area contributed by atoms with Crippen LogP contribution in [-0.4, -0.2) is 57.8 Å². The van der Waals surface area contributed by atoms with Gasteiger partial charge in [0.05, 0.1) is 42.7 Å². The number of nitrogens with zero attached hydrogens (tertiary/aromatic N) is 3. The molecule has 0 aliphatic rings. The molecule has 5 rings (SSSR count). The lowest BCUT2D eigenvalue weighted by molar-refractivity contribution is -0.833. The first kappa shape index (κ1) is 29.4. The highest BCUT2D eigenvalue weighted by atomic mass is 16.6. The number of quaternary nitrogens is 1. The second kappa shape index (κ2) is 10.00. The van der Waals surface area contributed by atoms with Crippen molar-refractivity contribution < 1.29 is 23.7 Å². The van der Waals surface area contributed by atoms with E-state index in [1.807, 2.05) is 109 Å². The molecule has 0 N–H and O–H groups in total. The Morgan fingerprint density at radius 3 is 1.71 bits per heavy atom. The third kappa shape index (κ3) is 5.28. The van der Waals surface area contributed by atoms with Crippen LogP contribution in [0.2, 0.25) is 0 Å². The number of carbonyl (C=O) groups is 2. The number of para-hydroxylation sites is 2. The fourth-order valence-corrected chi connectivity index (χ4v) is 5.56. The maximum absolute atomic E-state index is 13.9. The number of likely N-dealkylation sites (N-methyl/N-ethyl adjacent to an activating group) is 1. The van der Waals surface area contributed by atoms with Crippen molar-refractivity contribution in [1.29, 1.82) is 0 Å². The SMILES string of the molecule is Cc1c2c3ccccc3n(C(=O)OC(C)(C)C)c2c(/C=C\C[N+](C)(C)[O-])c2c3ccccc3n(C(=O)OC(C)(C)C)c12. The van der Waals surface area contributed by atoms with Gasteiger partial charge in [0.15, 0.2) is 0 Å². The molecule has 0 unspecified atom stereocenters. The smallest absolute Gasteiger partial charge is 0.419 e. The maximum Gasteiger partial charge on any atom is 0.419 e. The summed E-state index contributed by atoms with van der Waals surface area (Å²) in [6.07, 6.45) is 2.73. The standard InChI is InChI=1S/C34H39N3O5/c1-21-27-22-15-10-12-18-25(22)36(32(39)42-34(5,6)7)30(27)24(17-14-20-37(8,9)40)28-23-16-11-13-19-26(23)35(29(21)28)31(38)41-33(2,3)4/h10-19H,20H2,1-9H3/b17-14-. The van der Waals surface area contributed by atoms with Crippen LogP contribution < -0.4 is 0 Å². The monoisotopic (exact) mass is 569 g/mol. The van der Waals surface area contributed by atoms with Crippen LogP contribution in [0.15, 0.2) is 54.6 Å². The van der Waals surface area contributed by atoms with Crippen molar-refractivity contribution in [3.05, 3.63) is 70.9 Å². The fourth-order valence-electron chi connectivity index (χ4n) is 5.56. The molecule has 8 nitrogen and oxygen atoms in total. The van der Waals surface area contributed by atoms with Gasteiger partial charge in [-0.1, -0.05) is 42.5 Å². The molecule has 0 fully saturated rings. The van der Waals surface area contributed by atoms with Crippen molar-refractivity contribution in [3.63, 3.8) is 0 Å². The lowest BCUT2D eigenvalue weighted by atomic mass is 9.97. The van der Waals surface area contributed by atoms with Crippen molar-refractivity contribution in [1.82, 2.24) is 9.13 Å². The normalized spacial score (nSPS) is 13.2.